The lowest BCUT2D eigenvalue weighted by molar-refractivity contribution is 0.0951. The largest absolute Gasteiger partial charge is 0.496 e. The maximum Gasteiger partial charge on any atom is 0.255 e. The Morgan fingerprint density at radius 3 is 2.94 bits per heavy atom. The monoisotopic (exact) mass is 271 g/mol. The number of nitrogens with two attached hydrogens (primary N) is 1. The van der Waals surface area contributed by atoms with Gasteiger partial charge in [-0.1, -0.05) is 16.8 Å². The molecule has 0 aromatic heterocycles. The number of hydrogen-bond acceptors (Lipinski definition) is 4. The molecule has 98 valence electrons. The third kappa shape index (κ3) is 3.81. The van der Waals surface area contributed by atoms with Gasteiger partial charge in [-0.05, 0) is 18.2 Å². The maximum absolute atomic E-state index is 11.9. The van der Waals surface area contributed by atoms with Crippen molar-refractivity contribution in [2.75, 3.05) is 13.7 Å². The molecule has 6 nitrogen and oxygen atoms in total. The molecular weight excluding hydrogens is 258 g/mol. The Morgan fingerprint density at radius 1 is 1.61 bits per heavy atom. The van der Waals surface area contributed by atoms with Crippen LogP contribution in [0.1, 0.15) is 16.8 Å². The molecule has 0 atom stereocenters. The van der Waals surface area contributed by atoms with Crippen LogP contribution in [0.5, 0.6) is 5.75 Å². The summed E-state index contributed by atoms with van der Waals surface area (Å²) in [7, 11) is 1.47. The second-order valence-electron chi connectivity index (χ2n) is 3.44. The molecule has 0 bridgehead atoms. The zero-order valence-corrected chi connectivity index (χ0v) is 10.6. The Morgan fingerprint density at radius 2 is 2.33 bits per heavy atom. The first kappa shape index (κ1) is 14.1. The molecule has 1 amide bonds. The van der Waals surface area contributed by atoms with Gasteiger partial charge in [0.15, 0.2) is 0 Å². The highest BCUT2D eigenvalue weighted by Crippen LogP contribution is 2.22. The molecule has 0 heterocycles. The third-order valence-electron chi connectivity index (χ3n) is 2.20. The number of amidine groups is 1. The summed E-state index contributed by atoms with van der Waals surface area (Å²) in [5.41, 5.74) is 5.62. The van der Waals surface area contributed by atoms with E-state index in [1.165, 1.54) is 13.2 Å². The van der Waals surface area contributed by atoms with Crippen molar-refractivity contribution in [2.24, 2.45) is 10.9 Å². The fourth-order valence-electron chi connectivity index (χ4n) is 1.31. The molecule has 0 aliphatic rings. The average molecular weight is 272 g/mol. The van der Waals surface area contributed by atoms with Crippen LogP contribution < -0.4 is 15.8 Å². The number of nitrogens with one attached hydrogen (secondary N) is 1. The smallest absolute Gasteiger partial charge is 0.255 e. The summed E-state index contributed by atoms with van der Waals surface area (Å²) in [6, 6.07) is 4.76. The van der Waals surface area contributed by atoms with Gasteiger partial charge in [0.25, 0.3) is 5.91 Å². The fraction of sp³-hybridized carbons (Fsp3) is 0.273. The van der Waals surface area contributed by atoms with Gasteiger partial charge in [0.1, 0.15) is 11.6 Å². The minimum Gasteiger partial charge on any atom is -0.496 e. The van der Waals surface area contributed by atoms with E-state index in [1.54, 1.807) is 12.1 Å². The van der Waals surface area contributed by atoms with Crippen molar-refractivity contribution in [1.82, 2.24) is 5.32 Å². The Bertz CT molecular complexity index is 463. The van der Waals surface area contributed by atoms with Gasteiger partial charge in [-0.2, -0.15) is 0 Å². The number of rotatable bonds is 5. The Kier molecular flexibility index (Phi) is 5.26. The van der Waals surface area contributed by atoms with E-state index in [0.717, 1.165) is 0 Å². The van der Waals surface area contributed by atoms with Gasteiger partial charge >= 0.3 is 0 Å². The quantitative estimate of drug-likeness (QED) is 0.325. The molecule has 7 heteroatoms. The van der Waals surface area contributed by atoms with Crippen molar-refractivity contribution < 1.29 is 14.7 Å². The van der Waals surface area contributed by atoms with Crippen LogP contribution in [0.3, 0.4) is 0 Å². The fourth-order valence-corrected chi connectivity index (χ4v) is 1.48. The Balaban J connectivity index is 2.69. The first-order valence-electron chi connectivity index (χ1n) is 5.16. The van der Waals surface area contributed by atoms with E-state index in [-0.39, 0.29) is 24.7 Å². The van der Waals surface area contributed by atoms with Gasteiger partial charge in [-0.3, -0.25) is 4.79 Å². The van der Waals surface area contributed by atoms with Crippen LogP contribution in [0.2, 0.25) is 5.02 Å². The normalized spacial score (nSPS) is 11.1. The van der Waals surface area contributed by atoms with E-state index in [1.807, 2.05) is 0 Å². The SMILES string of the molecule is COc1ccc(Cl)cc1C(=O)NCCC(N)=NO. The number of hydrogen-bond donors (Lipinski definition) is 3. The van der Waals surface area contributed by atoms with Gasteiger partial charge < -0.3 is 21.0 Å². The van der Waals surface area contributed by atoms with Crippen molar-refractivity contribution in [3.8, 4) is 5.75 Å². The van der Waals surface area contributed by atoms with Crippen LogP contribution >= 0.6 is 11.6 Å². The van der Waals surface area contributed by atoms with Crippen LogP contribution in [0.25, 0.3) is 0 Å². The number of nitrogens with zero attached hydrogens (tertiary/aromatic N) is 1. The van der Waals surface area contributed by atoms with Crippen LogP contribution in [-0.2, 0) is 0 Å². The van der Waals surface area contributed by atoms with E-state index < -0.39 is 0 Å². The first-order chi connectivity index (χ1) is 8.58. The zero-order chi connectivity index (χ0) is 13.5. The van der Waals surface area contributed by atoms with Crippen molar-refractivity contribution in [3.05, 3.63) is 28.8 Å². The molecule has 1 aromatic carbocycles. The molecule has 0 fully saturated rings. The van der Waals surface area contributed by atoms with Gasteiger partial charge in [0.05, 0.1) is 12.7 Å². The number of amides is 1. The molecule has 0 saturated heterocycles. The predicted molar refractivity (Wildman–Crippen MR) is 68.4 cm³/mol. The predicted octanol–water partition coefficient (Wildman–Crippen LogP) is 1.21. The summed E-state index contributed by atoms with van der Waals surface area (Å²) in [4.78, 5) is 11.9. The summed E-state index contributed by atoms with van der Waals surface area (Å²) >= 11 is 5.82. The van der Waals surface area contributed by atoms with E-state index >= 15 is 0 Å². The zero-order valence-electron chi connectivity index (χ0n) is 9.81. The lowest BCUT2D eigenvalue weighted by Crippen LogP contribution is -2.28. The second kappa shape index (κ2) is 6.70. The van der Waals surface area contributed by atoms with E-state index in [2.05, 4.69) is 10.5 Å². The summed E-state index contributed by atoms with van der Waals surface area (Å²) in [6.07, 6.45) is 0.255. The summed E-state index contributed by atoms with van der Waals surface area (Å²) in [6.45, 7) is 0.254. The van der Waals surface area contributed by atoms with Gasteiger partial charge in [-0.25, -0.2) is 0 Å². The molecule has 0 radical (unpaired) electrons. The number of carbonyl (C=O) groups excluding carboxylic acids is 1. The minimum absolute atomic E-state index is 0.0494. The summed E-state index contributed by atoms with van der Waals surface area (Å²) in [5.74, 6) is 0.147. The van der Waals surface area contributed by atoms with Crippen LogP contribution in [-0.4, -0.2) is 30.6 Å². The average Bonchev–Trinajstić information content (AvgIpc) is 2.38. The van der Waals surface area contributed by atoms with Crippen LogP contribution in [0.4, 0.5) is 0 Å². The van der Waals surface area contributed by atoms with Gasteiger partial charge in [0, 0.05) is 18.0 Å². The molecule has 18 heavy (non-hydrogen) atoms. The minimum atomic E-state index is -0.333. The second-order valence-corrected chi connectivity index (χ2v) is 3.88. The summed E-state index contributed by atoms with van der Waals surface area (Å²) < 4.78 is 5.06. The molecule has 0 saturated carbocycles. The van der Waals surface area contributed by atoms with Crippen LogP contribution in [0.15, 0.2) is 23.4 Å². The highest BCUT2D eigenvalue weighted by Gasteiger charge is 2.12. The lowest BCUT2D eigenvalue weighted by atomic mass is 10.2. The number of oxime groups is 1. The first-order valence-corrected chi connectivity index (χ1v) is 5.54. The molecule has 1 aromatic rings. The Hall–Kier alpha value is -1.95. The molecule has 0 spiro atoms. The third-order valence-corrected chi connectivity index (χ3v) is 2.44. The molecule has 0 unspecified atom stereocenters. The topological polar surface area (TPSA) is 96.9 Å². The van der Waals surface area contributed by atoms with Crippen molar-refractivity contribution in [2.45, 2.75) is 6.42 Å². The highest BCUT2D eigenvalue weighted by molar-refractivity contribution is 6.31. The molecule has 0 aliphatic heterocycles. The number of halogens is 1. The van der Waals surface area contributed by atoms with Crippen molar-refractivity contribution >= 4 is 23.3 Å². The molecular formula is C11H14ClN3O3. The van der Waals surface area contributed by atoms with E-state index in [0.29, 0.717) is 16.3 Å². The number of carbonyl (C=O) groups is 1. The maximum atomic E-state index is 11.9. The lowest BCUT2D eigenvalue weighted by Gasteiger charge is -2.09. The van der Waals surface area contributed by atoms with E-state index in [9.17, 15) is 4.79 Å². The van der Waals surface area contributed by atoms with Crippen molar-refractivity contribution in [1.29, 1.82) is 0 Å². The van der Waals surface area contributed by atoms with Crippen molar-refractivity contribution in [3.63, 3.8) is 0 Å². The summed E-state index contributed by atoms with van der Waals surface area (Å²) in [5, 5.41) is 14.2. The number of methoxy groups -OCH3 is 1. The highest BCUT2D eigenvalue weighted by atomic mass is 35.5. The van der Waals surface area contributed by atoms with Crippen LogP contribution in [0, 0.1) is 0 Å². The van der Waals surface area contributed by atoms with E-state index in [4.69, 9.17) is 27.3 Å². The molecule has 4 N–H and O–H groups in total. The number of ether oxygens (including phenoxy) is 1. The molecule has 0 aliphatic carbocycles. The Labute approximate surface area is 109 Å². The van der Waals surface area contributed by atoms with Gasteiger partial charge in [0.2, 0.25) is 0 Å². The molecule has 1 rings (SSSR count). The standard InChI is InChI=1S/C11H14ClN3O3/c1-18-9-3-2-7(12)6-8(9)11(16)14-5-4-10(13)15-17/h2-3,6,17H,4-5H2,1H3,(H2,13,15)(H,14,16). The number of benzene rings is 1. The van der Waals surface area contributed by atoms with Gasteiger partial charge in [-0.15, -0.1) is 0 Å².